The van der Waals surface area contributed by atoms with Gasteiger partial charge in [0.05, 0.1) is 5.69 Å². The second-order valence-electron chi connectivity index (χ2n) is 9.75. The minimum absolute atomic E-state index is 0.0289. The molecule has 0 bridgehead atoms. The van der Waals surface area contributed by atoms with Crippen molar-refractivity contribution in [2.45, 2.75) is 40.0 Å². The Hall–Kier alpha value is -3.66. The molecule has 1 aliphatic heterocycles. The maximum Gasteiger partial charge on any atom is 0.258 e. The molecule has 5 rings (SSSR count). The number of benzene rings is 3. The molecule has 1 aliphatic rings. The zero-order chi connectivity index (χ0) is 24.4. The standard InChI is InChI=1S/C31H33N3O/c1-22-19-28(34-24(3)32-23(2)20-31(34)35)13-14-30(22)33-17-15-25(16-18-33)21-27-11-7-8-12-29(27)26-9-5-4-6-10-26/h4-14,19-20,25H,15-18,21H2,1-3H3. The fourth-order valence-corrected chi connectivity index (χ4v) is 5.47. The van der Waals surface area contributed by atoms with Crippen LogP contribution in [0.1, 0.15) is 35.5 Å². The number of aryl methyl sites for hydroxylation is 3. The summed E-state index contributed by atoms with van der Waals surface area (Å²) >= 11 is 0. The largest absolute Gasteiger partial charge is 0.371 e. The number of hydrogen-bond donors (Lipinski definition) is 0. The van der Waals surface area contributed by atoms with E-state index in [2.05, 4.69) is 89.6 Å². The summed E-state index contributed by atoms with van der Waals surface area (Å²) in [5, 5.41) is 0. The molecule has 4 aromatic rings. The molecule has 1 aromatic heterocycles. The highest BCUT2D eigenvalue weighted by molar-refractivity contribution is 5.67. The number of hydrogen-bond acceptors (Lipinski definition) is 3. The van der Waals surface area contributed by atoms with E-state index >= 15 is 0 Å². The molecular weight excluding hydrogens is 430 g/mol. The van der Waals surface area contributed by atoms with Crippen LogP contribution < -0.4 is 10.5 Å². The minimum atomic E-state index is -0.0289. The summed E-state index contributed by atoms with van der Waals surface area (Å²) in [7, 11) is 0. The number of rotatable bonds is 5. The third kappa shape index (κ3) is 4.93. The number of nitrogens with zero attached hydrogens (tertiary/aromatic N) is 3. The molecule has 178 valence electrons. The van der Waals surface area contributed by atoms with Crippen molar-refractivity contribution >= 4 is 5.69 Å². The predicted molar refractivity (Wildman–Crippen MR) is 145 cm³/mol. The lowest BCUT2D eigenvalue weighted by molar-refractivity contribution is 0.404. The lowest BCUT2D eigenvalue weighted by Crippen LogP contribution is -2.34. The van der Waals surface area contributed by atoms with Crippen LogP contribution in [-0.2, 0) is 6.42 Å². The zero-order valence-corrected chi connectivity index (χ0v) is 20.9. The molecule has 0 saturated carbocycles. The van der Waals surface area contributed by atoms with Crippen molar-refractivity contribution in [3.63, 3.8) is 0 Å². The second-order valence-corrected chi connectivity index (χ2v) is 9.75. The van der Waals surface area contributed by atoms with Gasteiger partial charge >= 0.3 is 0 Å². The Morgan fingerprint density at radius 1 is 0.857 bits per heavy atom. The molecule has 4 nitrogen and oxygen atoms in total. The summed E-state index contributed by atoms with van der Waals surface area (Å²) in [6.07, 6.45) is 3.50. The Morgan fingerprint density at radius 3 is 2.29 bits per heavy atom. The smallest absolute Gasteiger partial charge is 0.258 e. The lowest BCUT2D eigenvalue weighted by atomic mass is 9.86. The number of anilines is 1. The average molecular weight is 464 g/mol. The fourth-order valence-electron chi connectivity index (χ4n) is 5.47. The minimum Gasteiger partial charge on any atom is -0.371 e. The molecule has 0 N–H and O–H groups in total. The Balaban J connectivity index is 1.28. The van der Waals surface area contributed by atoms with Crippen LogP contribution in [0.3, 0.4) is 0 Å². The van der Waals surface area contributed by atoms with Gasteiger partial charge in [-0.25, -0.2) is 4.98 Å². The van der Waals surface area contributed by atoms with Crippen LogP contribution >= 0.6 is 0 Å². The molecule has 1 fully saturated rings. The van der Waals surface area contributed by atoms with Gasteiger partial charge in [-0.1, -0.05) is 54.6 Å². The third-order valence-corrected chi connectivity index (χ3v) is 7.22. The first-order valence-electron chi connectivity index (χ1n) is 12.6. The van der Waals surface area contributed by atoms with Gasteiger partial charge in [0.2, 0.25) is 0 Å². The van der Waals surface area contributed by atoms with Crippen LogP contribution in [0.2, 0.25) is 0 Å². The summed E-state index contributed by atoms with van der Waals surface area (Å²) in [5.41, 5.74) is 8.18. The predicted octanol–water partition coefficient (Wildman–Crippen LogP) is 6.28. The fraction of sp³-hybridized carbons (Fsp3) is 0.290. The van der Waals surface area contributed by atoms with Crippen LogP contribution in [0.25, 0.3) is 16.8 Å². The monoisotopic (exact) mass is 463 g/mol. The van der Waals surface area contributed by atoms with Crippen molar-refractivity contribution in [2.24, 2.45) is 5.92 Å². The molecule has 0 aliphatic carbocycles. The Kier molecular flexibility index (Phi) is 6.54. The van der Waals surface area contributed by atoms with Crippen molar-refractivity contribution in [2.75, 3.05) is 18.0 Å². The Bertz CT molecular complexity index is 1380. The van der Waals surface area contributed by atoms with E-state index in [1.807, 2.05) is 13.8 Å². The molecule has 35 heavy (non-hydrogen) atoms. The van der Waals surface area contributed by atoms with Crippen LogP contribution in [-0.4, -0.2) is 22.6 Å². The second kappa shape index (κ2) is 9.91. The molecule has 0 amide bonds. The maximum absolute atomic E-state index is 12.6. The summed E-state index contributed by atoms with van der Waals surface area (Å²) < 4.78 is 1.69. The van der Waals surface area contributed by atoms with Crippen LogP contribution in [0, 0.1) is 26.7 Å². The number of piperidine rings is 1. The normalized spacial score (nSPS) is 14.3. The van der Waals surface area contributed by atoms with Gasteiger partial charge in [0.25, 0.3) is 5.56 Å². The Morgan fingerprint density at radius 2 is 1.57 bits per heavy atom. The Labute approximate surface area is 207 Å². The van der Waals surface area contributed by atoms with Crippen molar-refractivity contribution < 1.29 is 0 Å². The third-order valence-electron chi connectivity index (χ3n) is 7.22. The number of aromatic nitrogens is 2. The first kappa shape index (κ1) is 23.1. The van der Waals surface area contributed by atoms with E-state index in [-0.39, 0.29) is 5.56 Å². The van der Waals surface area contributed by atoms with Crippen LogP contribution in [0.5, 0.6) is 0 Å². The summed E-state index contributed by atoms with van der Waals surface area (Å²) in [5.74, 6) is 1.41. The van der Waals surface area contributed by atoms with E-state index in [0.717, 1.165) is 36.7 Å². The average Bonchev–Trinajstić information content (AvgIpc) is 2.85. The van der Waals surface area contributed by atoms with E-state index in [0.29, 0.717) is 5.92 Å². The molecule has 0 atom stereocenters. The van der Waals surface area contributed by atoms with E-state index in [9.17, 15) is 4.79 Å². The quantitative estimate of drug-likeness (QED) is 0.349. The summed E-state index contributed by atoms with van der Waals surface area (Å²) in [6.45, 7) is 8.01. The molecule has 0 unspecified atom stereocenters. The van der Waals surface area contributed by atoms with Crippen molar-refractivity contribution in [3.05, 3.63) is 112 Å². The van der Waals surface area contributed by atoms with Gasteiger partial charge in [-0.2, -0.15) is 0 Å². The van der Waals surface area contributed by atoms with E-state index < -0.39 is 0 Å². The zero-order valence-electron chi connectivity index (χ0n) is 20.9. The lowest BCUT2D eigenvalue weighted by Gasteiger charge is -2.35. The van der Waals surface area contributed by atoms with Crippen LogP contribution in [0.4, 0.5) is 5.69 Å². The topological polar surface area (TPSA) is 38.1 Å². The summed E-state index contributed by atoms with van der Waals surface area (Å²) in [6, 6.07) is 27.5. The molecule has 4 heteroatoms. The molecular formula is C31H33N3O. The van der Waals surface area contributed by atoms with E-state index in [4.69, 9.17) is 0 Å². The SMILES string of the molecule is Cc1cc(=O)n(-c2ccc(N3CCC(Cc4ccccc4-c4ccccc4)CC3)c(C)c2)c(C)n1. The van der Waals surface area contributed by atoms with Gasteiger partial charge < -0.3 is 4.90 Å². The molecule has 1 saturated heterocycles. The highest BCUT2D eigenvalue weighted by atomic mass is 16.1. The highest BCUT2D eigenvalue weighted by Gasteiger charge is 2.22. The van der Waals surface area contributed by atoms with Crippen molar-refractivity contribution in [1.29, 1.82) is 0 Å². The van der Waals surface area contributed by atoms with Gasteiger partial charge in [0.15, 0.2) is 0 Å². The first-order valence-corrected chi connectivity index (χ1v) is 12.6. The highest BCUT2D eigenvalue weighted by Crippen LogP contribution is 2.32. The van der Waals surface area contributed by atoms with Crippen molar-refractivity contribution in [1.82, 2.24) is 9.55 Å². The molecule has 2 heterocycles. The van der Waals surface area contributed by atoms with E-state index in [1.54, 1.807) is 10.6 Å². The maximum atomic E-state index is 12.6. The van der Waals surface area contributed by atoms with E-state index in [1.165, 1.54) is 40.8 Å². The first-order chi connectivity index (χ1) is 17.0. The molecule has 0 radical (unpaired) electrons. The van der Waals surface area contributed by atoms with Gasteiger partial charge in [0, 0.05) is 30.5 Å². The van der Waals surface area contributed by atoms with Gasteiger partial charge in [-0.3, -0.25) is 9.36 Å². The molecule has 0 spiro atoms. The van der Waals surface area contributed by atoms with Crippen LogP contribution in [0.15, 0.2) is 83.7 Å². The van der Waals surface area contributed by atoms with Crippen molar-refractivity contribution in [3.8, 4) is 16.8 Å². The van der Waals surface area contributed by atoms with Gasteiger partial charge in [-0.05, 0) is 86.4 Å². The van der Waals surface area contributed by atoms with Gasteiger partial charge in [-0.15, -0.1) is 0 Å². The summed E-state index contributed by atoms with van der Waals surface area (Å²) in [4.78, 5) is 19.5. The van der Waals surface area contributed by atoms with Gasteiger partial charge in [0.1, 0.15) is 5.82 Å². The molecule has 3 aromatic carbocycles.